The maximum atomic E-state index is 14.5. The molecule has 1 aliphatic heterocycles. The molecule has 37 heavy (non-hydrogen) atoms. The number of benzene rings is 2. The lowest BCUT2D eigenvalue weighted by atomic mass is 10.0. The zero-order valence-corrected chi connectivity index (χ0v) is 21.9. The van der Waals surface area contributed by atoms with Crippen LogP contribution in [-0.4, -0.2) is 81.3 Å². The van der Waals surface area contributed by atoms with Gasteiger partial charge in [0.2, 0.25) is 5.91 Å². The minimum Gasteiger partial charge on any atom is -0.491 e. The molecule has 2 aromatic carbocycles. The molecule has 0 saturated heterocycles. The predicted octanol–water partition coefficient (Wildman–Crippen LogP) is 3.56. The lowest BCUT2D eigenvalue weighted by Gasteiger charge is -2.36. The third-order valence-electron chi connectivity index (χ3n) is 6.52. The number of ether oxygens (including phenoxy) is 3. The van der Waals surface area contributed by atoms with Gasteiger partial charge in [-0.1, -0.05) is 6.92 Å². The highest BCUT2D eigenvalue weighted by molar-refractivity contribution is 5.98. The number of carbonyl (C=O) groups is 2. The number of likely N-dealkylation sites (N-methyl/N-ethyl adjacent to an activating group) is 1. The summed E-state index contributed by atoms with van der Waals surface area (Å²) in [4.78, 5) is 28.9. The van der Waals surface area contributed by atoms with Gasteiger partial charge in [0.25, 0.3) is 5.91 Å². The molecular formula is C27H35F2N3O5. The van der Waals surface area contributed by atoms with Crippen LogP contribution < -0.4 is 10.1 Å². The molecule has 3 atom stereocenters. The molecule has 0 spiro atoms. The van der Waals surface area contributed by atoms with Crippen molar-refractivity contribution in [1.82, 2.24) is 9.80 Å². The largest absolute Gasteiger partial charge is 0.491 e. The SMILES string of the molecule is COCC(=O)Nc1ccc2c(c1)OC[C@@H](C)N(Cc1cc(F)ccc1F)C[C@@H](C)[C@@H](OC)CN(C)C2=O. The van der Waals surface area contributed by atoms with E-state index in [9.17, 15) is 18.4 Å². The number of rotatable bonds is 6. The number of nitrogens with one attached hydrogen (secondary N) is 1. The first-order chi connectivity index (χ1) is 17.6. The minimum atomic E-state index is -0.505. The Morgan fingerprint density at radius 2 is 1.89 bits per heavy atom. The van der Waals surface area contributed by atoms with Gasteiger partial charge in [0.1, 0.15) is 30.6 Å². The van der Waals surface area contributed by atoms with Crippen LogP contribution in [0.5, 0.6) is 5.75 Å². The quantitative estimate of drug-likeness (QED) is 0.629. The molecule has 3 rings (SSSR count). The lowest BCUT2D eigenvalue weighted by molar-refractivity contribution is -0.119. The van der Waals surface area contributed by atoms with E-state index in [1.54, 1.807) is 37.3 Å². The Morgan fingerprint density at radius 1 is 1.14 bits per heavy atom. The Balaban J connectivity index is 1.95. The third kappa shape index (κ3) is 7.47. The number of halogens is 2. The van der Waals surface area contributed by atoms with Crippen molar-refractivity contribution in [3.63, 3.8) is 0 Å². The van der Waals surface area contributed by atoms with Gasteiger partial charge in [-0.3, -0.25) is 14.5 Å². The zero-order valence-electron chi connectivity index (χ0n) is 21.9. The fourth-order valence-corrected chi connectivity index (χ4v) is 4.36. The Hall–Kier alpha value is -3.08. The first-order valence-electron chi connectivity index (χ1n) is 12.1. The molecule has 0 bridgehead atoms. The number of carbonyl (C=O) groups excluding carboxylic acids is 2. The summed E-state index contributed by atoms with van der Waals surface area (Å²) in [5.41, 5.74) is 1.04. The van der Waals surface area contributed by atoms with E-state index in [2.05, 4.69) is 5.32 Å². The van der Waals surface area contributed by atoms with Gasteiger partial charge < -0.3 is 24.4 Å². The van der Waals surface area contributed by atoms with Crippen LogP contribution in [0.1, 0.15) is 29.8 Å². The predicted molar refractivity (Wildman–Crippen MR) is 136 cm³/mol. The summed E-state index contributed by atoms with van der Waals surface area (Å²) >= 11 is 0. The van der Waals surface area contributed by atoms with Crippen LogP contribution in [0.25, 0.3) is 0 Å². The standard InChI is InChI=1S/C27H35F2N3O5/c1-17-12-32(13-19-10-20(28)6-9-23(19)29)18(2)15-37-24-11-21(30-26(33)16-35-4)7-8-22(24)27(34)31(3)14-25(17)36-5/h6-11,17-18,25H,12-16H2,1-5H3,(H,30,33)/t17-,18-,25+/m1/s1. The minimum absolute atomic E-state index is 0.0309. The summed E-state index contributed by atoms with van der Waals surface area (Å²) in [5, 5.41) is 2.72. The number of nitrogens with zero attached hydrogens (tertiary/aromatic N) is 2. The fourth-order valence-electron chi connectivity index (χ4n) is 4.36. The van der Waals surface area contributed by atoms with Crippen LogP contribution in [0, 0.1) is 17.6 Å². The first-order valence-corrected chi connectivity index (χ1v) is 12.1. The van der Waals surface area contributed by atoms with Gasteiger partial charge in [-0.2, -0.15) is 0 Å². The number of hydrogen-bond acceptors (Lipinski definition) is 6. The lowest BCUT2D eigenvalue weighted by Crippen LogP contribution is -2.46. The van der Waals surface area contributed by atoms with Crippen molar-refractivity contribution in [2.45, 2.75) is 32.5 Å². The van der Waals surface area contributed by atoms with Gasteiger partial charge in [-0.05, 0) is 43.2 Å². The number of fused-ring (bicyclic) bond motifs is 1. The smallest absolute Gasteiger partial charge is 0.257 e. The van der Waals surface area contributed by atoms with Crippen LogP contribution in [0.2, 0.25) is 0 Å². The maximum absolute atomic E-state index is 14.5. The van der Waals surface area contributed by atoms with Crippen LogP contribution in [-0.2, 0) is 20.8 Å². The van der Waals surface area contributed by atoms with E-state index in [4.69, 9.17) is 14.2 Å². The highest BCUT2D eigenvalue weighted by Crippen LogP contribution is 2.27. The second-order valence-electron chi connectivity index (χ2n) is 9.45. The molecule has 2 aromatic rings. The second kappa shape index (κ2) is 12.9. The van der Waals surface area contributed by atoms with E-state index in [1.165, 1.54) is 13.2 Å². The first kappa shape index (κ1) is 28.5. The van der Waals surface area contributed by atoms with Crippen molar-refractivity contribution in [1.29, 1.82) is 0 Å². The molecule has 1 N–H and O–H groups in total. The van der Waals surface area contributed by atoms with Crippen LogP contribution >= 0.6 is 0 Å². The van der Waals surface area contributed by atoms with E-state index < -0.39 is 11.6 Å². The molecule has 10 heteroatoms. The number of anilines is 1. The van der Waals surface area contributed by atoms with Gasteiger partial charge in [-0.15, -0.1) is 0 Å². The monoisotopic (exact) mass is 519 g/mol. The van der Waals surface area contributed by atoms with Crippen LogP contribution in [0.4, 0.5) is 14.5 Å². The van der Waals surface area contributed by atoms with Crippen molar-refractivity contribution >= 4 is 17.5 Å². The molecule has 2 amide bonds. The molecule has 0 fully saturated rings. The van der Waals surface area contributed by atoms with Crippen molar-refractivity contribution < 1.29 is 32.6 Å². The summed E-state index contributed by atoms with van der Waals surface area (Å²) in [6.45, 7) is 4.97. The molecule has 0 aliphatic carbocycles. The molecule has 0 saturated carbocycles. The highest BCUT2D eigenvalue weighted by atomic mass is 19.1. The van der Waals surface area contributed by atoms with Crippen molar-refractivity contribution in [3.05, 3.63) is 59.2 Å². The van der Waals surface area contributed by atoms with E-state index in [1.807, 2.05) is 18.7 Å². The average molecular weight is 520 g/mol. The Morgan fingerprint density at radius 3 is 2.59 bits per heavy atom. The van der Waals surface area contributed by atoms with Crippen molar-refractivity contribution in [2.75, 3.05) is 52.9 Å². The fraction of sp³-hybridized carbons (Fsp3) is 0.481. The Kier molecular flexibility index (Phi) is 9.96. The molecule has 0 aromatic heterocycles. The van der Waals surface area contributed by atoms with E-state index >= 15 is 0 Å². The van der Waals surface area contributed by atoms with Gasteiger partial charge in [0, 0.05) is 64.3 Å². The normalized spacial score (nSPS) is 21.4. The molecule has 1 aliphatic rings. The van der Waals surface area contributed by atoms with E-state index in [0.717, 1.165) is 12.1 Å². The van der Waals surface area contributed by atoms with E-state index in [0.29, 0.717) is 30.1 Å². The number of amides is 2. The summed E-state index contributed by atoms with van der Waals surface area (Å²) in [5.74, 6) is -1.30. The molecule has 0 radical (unpaired) electrons. The summed E-state index contributed by atoms with van der Waals surface area (Å²) < 4.78 is 45.1. The van der Waals surface area contributed by atoms with Crippen molar-refractivity contribution in [3.8, 4) is 5.75 Å². The van der Waals surface area contributed by atoms with Gasteiger partial charge in [-0.25, -0.2) is 8.78 Å². The highest BCUT2D eigenvalue weighted by Gasteiger charge is 2.29. The number of hydrogen-bond donors (Lipinski definition) is 1. The average Bonchev–Trinajstić information content (AvgIpc) is 2.86. The van der Waals surface area contributed by atoms with Gasteiger partial charge in [0.05, 0.1) is 11.7 Å². The Labute approximate surface area is 216 Å². The molecular weight excluding hydrogens is 484 g/mol. The van der Waals surface area contributed by atoms with E-state index in [-0.39, 0.29) is 55.2 Å². The second-order valence-corrected chi connectivity index (χ2v) is 9.45. The molecule has 202 valence electrons. The zero-order chi connectivity index (χ0) is 27.1. The number of methoxy groups -OCH3 is 2. The molecule has 0 unspecified atom stereocenters. The van der Waals surface area contributed by atoms with Crippen molar-refractivity contribution in [2.24, 2.45) is 5.92 Å². The topological polar surface area (TPSA) is 80.3 Å². The van der Waals surface area contributed by atoms with Gasteiger partial charge in [0.15, 0.2) is 0 Å². The maximum Gasteiger partial charge on any atom is 0.257 e. The summed E-state index contributed by atoms with van der Waals surface area (Å²) in [6, 6.07) is 8.03. The third-order valence-corrected chi connectivity index (χ3v) is 6.52. The molecule has 1 heterocycles. The molecule has 8 nitrogen and oxygen atoms in total. The Bertz CT molecular complexity index is 1100. The van der Waals surface area contributed by atoms with Crippen LogP contribution in [0.15, 0.2) is 36.4 Å². The summed E-state index contributed by atoms with van der Waals surface area (Å²) in [6.07, 6.45) is -0.294. The van der Waals surface area contributed by atoms with Crippen LogP contribution in [0.3, 0.4) is 0 Å². The van der Waals surface area contributed by atoms with Gasteiger partial charge >= 0.3 is 0 Å². The summed E-state index contributed by atoms with van der Waals surface area (Å²) in [7, 11) is 4.71.